The minimum absolute atomic E-state index is 0.256. The van der Waals surface area contributed by atoms with Crippen LogP contribution in [-0.2, 0) is 18.2 Å². The molecular formula is C27H23N3O4. The number of rotatable bonds is 6. The van der Waals surface area contributed by atoms with Crippen molar-refractivity contribution < 1.29 is 19.1 Å². The molecule has 1 aliphatic heterocycles. The van der Waals surface area contributed by atoms with Crippen molar-refractivity contribution in [1.29, 1.82) is 0 Å². The molecule has 0 bridgehead atoms. The minimum atomic E-state index is -0.397. The van der Waals surface area contributed by atoms with Crippen molar-refractivity contribution in [3.63, 3.8) is 0 Å². The van der Waals surface area contributed by atoms with E-state index in [0.29, 0.717) is 23.1 Å². The van der Waals surface area contributed by atoms with Crippen LogP contribution < -0.4 is 0 Å². The fourth-order valence-electron chi connectivity index (χ4n) is 4.53. The summed E-state index contributed by atoms with van der Waals surface area (Å²) < 4.78 is 7.32. The van der Waals surface area contributed by atoms with Gasteiger partial charge in [0, 0.05) is 43.1 Å². The molecule has 0 unspecified atom stereocenters. The number of fused-ring (bicyclic) bond motifs is 2. The molecule has 7 nitrogen and oxygen atoms in total. The van der Waals surface area contributed by atoms with E-state index >= 15 is 0 Å². The van der Waals surface area contributed by atoms with Crippen molar-refractivity contribution in [3.8, 4) is 11.1 Å². The Morgan fingerprint density at radius 3 is 2.29 bits per heavy atom. The van der Waals surface area contributed by atoms with Crippen LogP contribution >= 0.6 is 0 Å². The summed E-state index contributed by atoms with van der Waals surface area (Å²) in [6, 6.07) is 14.4. The average Bonchev–Trinajstić information content (AvgIpc) is 3.30. The van der Waals surface area contributed by atoms with Gasteiger partial charge >= 0.3 is 5.97 Å². The van der Waals surface area contributed by atoms with Crippen LogP contribution in [0, 0.1) is 0 Å². The number of ether oxygens (including phenoxy) is 1. The van der Waals surface area contributed by atoms with Gasteiger partial charge in [0.1, 0.15) is 0 Å². The van der Waals surface area contributed by atoms with E-state index in [9.17, 15) is 14.4 Å². The van der Waals surface area contributed by atoms with Gasteiger partial charge in [-0.2, -0.15) is 0 Å². The van der Waals surface area contributed by atoms with E-state index in [1.165, 1.54) is 4.90 Å². The van der Waals surface area contributed by atoms with Crippen LogP contribution in [0.15, 0.2) is 67.1 Å². The Balaban J connectivity index is 1.52. The Labute approximate surface area is 196 Å². The van der Waals surface area contributed by atoms with Crippen molar-refractivity contribution in [2.75, 3.05) is 13.2 Å². The summed E-state index contributed by atoms with van der Waals surface area (Å²) >= 11 is 0. The smallest absolute Gasteiger partial charge is 0.338 e. The summed E-state index contributed by atoms with van der Waals surface area (Å²) in [5, 5.41) is 0.889. The number of imide groups is 1. The molecule has 0 spiro atoms. The third kappa shape index (κ3) is 3.55. The molecule has 0 saturated carbocycles. The summed E-state index contributed by atoms with van der Waals surface area (Å²) in [6.45, 7) is 2.30. The van der Waals surface area contributed by atoms with Crippen LogP contribution in [-0.4, -0.2) is 45.4 Å². The lowest BCUT2D eigenvalue weighted by molar-refractivity contribution is 0.0526. The predicted octanol–water partition coefficient (Wildman–Crippen LogP) is 4.26. The second-order valence-corrected chi connectivity index (χ2v) is 8.19. The Hall–Kier alpha value is -4.26. The van der Waals surface area contributed by atoms with Gasteiger partial charge in [0.05, 0.1) is 23.3 Å². The summed E-state index contributed by atoms with van der Waals surface area (Å²) in [6.07, 6.45) is 5.83. The Morgan fingerprint density at radius 1 is 0.971 bits per heavy atom. The van der Waals surface area contributed by atoms with Crippen LogP contribution in [0.1, 0.15) is 43.6 Å². The normalized spacial score (nSPS) is 12.9. The molecule has 0 fully saturated rings. The van der Waals surface area contributed by atoms with Crippen molar-refractivity contribution in [2.24, 2.45) is 7.05 Å². The van der Waals surface area contributed by atoms with Crippen LogP contribution in [0.25, 0.3) is 22.0 Å². The average molecular weight is 453 g/mol. The van der Waals surface area contributed by atoms with E-state index < -0.39 is 5.97 Å². The molecule has 0 atom stereocenters. The second-order valence-electron chi connectivity index (χ2n) is 8.19. The highest BCUT2D eigenvalue weighted by Gasteiger charge is 2.34. The zero-order valence-electron chi connectivity index (χ0n) is 18.9. The summed E-state index contributed by atoms with van der Waals surface area (Å²) in [5.74, 6) is -0.938. The number of esters is 1. The lowest BCUT2D eigenvalue weighted by Crippen LogP contribution is -2.31. The lowest BCUT2D eigenvalue weighted by Gasteiger charge is -2.14. The molecule has 34 heavy (non-hydrogen) atoms. The SMILES string of the molecule is CCOC(=O)c1cc2c(CCN3C(=O)c4ccccc4C3=O)cn(C)c2cc1-c1ccncc1. The Kier molecular flexibility index (Phi) is 5.45. The van der Waals surface area contributed by atoms with Gasteiger partial charge in [-0.25, -0.2) is 4.79 Å². The van der Waals surface area contributed by atoms with Gasteiger partial charge in [-0.1, -0.05) is 12.1 Å². The van der Waals surface area contributed by atoms with Gasteiger partial charge in [-0.3, -0.25) is 19.5 Å². The molecule has 3 heterocycles. The van der Waals surface area contributed by atoms with Crippen molar-refractivity contribution in [1.82, 2.24) is 14.5 Å². The van der Waals surface area contributed by atoms with Gasteiger partial charge in [0.25, 0.3) is 11.8 Å². The molecule has 1 aliphatic rings. The molecule has 170 valence electrons. The molecule has 2 aromatic carbocycles. The maximum Gasteiger partial charge on any atom is 0.338 e. The maximum absolute atomic E-state index is 12.8. The Morgan fingerprint density at radius 2 is 1.65 bits per heavy atom. The van der Waals surface area contributed by atoms with Crippen LogP contribution in [0.2, 0.25) is 0 Å². The summed E-state index contributed by atoms with van der Waals surface area (Å²) in [5.41, 5.74) is 4.87. The molecular weight excluding hydrogens is 430 g/mol. The summed E-state index contributed by atoms with van der Waals surface area (Å²) in [7, 11) is 1.94. The van der Waals surface area contributed by atoms with Crippen LogP contribution in [0.3, 0.4) is 0 Å². The van der Waals surface area contributed by atoms with Gasteiger partial charge in [0.15, 0.2) is 0 Å². The first-order chi connectivity index (χ1) is 16.5. The molecule has 2 aromatic heterocycles. The van der Waals surface area contributed by atoms with Gasteiger partial charge in [0.2, 0.25) is 0 Å². The van der Waals surface area contributed by atoms with E-state index in [0.717, 1.165) is 27.6 Å². The number of aryl methyl sites for hydroxylation is 1. The number of aromatic nitrogens is 2. The fourth-order valence-corrected chi connectivity index (χ4v) is 4.53. The van der Waals surface area contributed by atoms with Crippen LogP contribution in [0.4, 0.5) is 0 Å². The Bertz CT molecular complexity index is 1400. The van der Waals surface area contributed by atoms with Crippen molar-refractivity contribution >= 4 is 28.7 Å². The molecule has 2 amide bonds. The number of benzene rings is 2. The number of pyridine rings is 1. The number of carbonyl (C=O) groups is 3. The molecule has 7 heteroatoms. The molecule has 4 aromatic rings. The van der Waals surface area contributed by atoms with E-state index in [1.54, 1.807) is 43.6 Å². The quantitative estimate of drug-likeness (QED) is 0.322. The molecule has 0 N–H and O–H groups in total. The zero-order chi connectivity index (χ0) is 23.8. The van der Waals surface area contributed by atoms with Gasteiger partial charge in [-0.05, 0) is 66.4 Å². The zero-order valence-corrected chi connectivity index (χ0v) is 18.9. The van der Waals surface area contributed by atoms with Gasteiger partial charge < -0.3 is 9.30 Å². The molecule has 5 rings (SSSR count). The predicted molar refractivity (Wildman–Crippen MR) is 128 cm³/mol. The first-order valence-electron chi connectivity index (χ1n) is 11.1. The van der Waals surface area contributed by atoms with E-state index in [1.807, 2.05) is 42.1 Å². The highest BCUT2D eigenvalue weighted by Crippen LogP contribution is 2.32. The standard InChI is InChI=1S/C27H23N3O4/c1-3-34-27(33)23-14-22-18(10-13-30-25(31)19-6-4-5-7-20(19)26(30)32)16-29(2)24(22)15-21(23)17-8-11-28-12-9-17/h4-9,11-12,14-16H,3,10,13H2,1-2H3. The third-order valence-corrected chi connectivity index (χ3v) is 6.18. The van der Waals surface area contributed by atoms with E-state index in [-0.39, 0.29) is 25.0 Å². The maximum atomic E-state index is 12.8. The van der Waals surface area contributed by atoms with E-state index in [2.05, 4.69) is 4.98 Å². The second kappa shape index (κ2) is 8.59. The highest BCUT2D eigenvalue weighted by molar-refractivity contribution is 6.21. The topological polar surface area (TPSA) is 81.5 Å². The van der Waals surface area contributed by atoms with E-state index in [4.69, 9.17) is 4.74 Å². The summed E-state index contributed by atoms with van der Waals surface area (Å²) in [4.78, 5) is 43.7. The monoisotopic (exact) mass is 453 g/mol. The lowest BCUT2D eigenvalue weighted by atomic mass is 9.97. The van der Waals surface area contributed by atoms with Crippen molar-refractivity contribution in [3.05, 3.63) is 89.4 Å². The number of hydrogen-bond acceptors (Lipinski definition) is 5. The molecule has 0 saturated heterocycles. The largest absolute Gasteiger partial charge is 0.462 e. The number of nitrogens with zero attached hydrogens (tertiary/aromatic N) is 3. The molecule has 0 radical (unpaired) electrons. The molecule has 0 aliphatic carbocycles. The number of hydrogen-bond donors (Lipinski definition) is 0. The minimum Gasteiger partial charge on any atom is -0.462 e. The first-order valence-corrected chi connectivity index (χ1v) is 11.1. The third-order valence-electron chi connectivity index (χ3n) is 6.18. The highest BCUT2D eigenvalue weighted by atomic mass is 16.5. The van der Waals surface area contributed by atoms with Crippen LogP contribution in [0.5, 0.6) is 0 Å². The number of amides is 2. The van der Waals surface area contributed by atoms with Gasteiger partial charge in [-0.15, -0.1) is 0 Å². The first kappa shape index (κ1) is 21.6. The number of carbonyl (C=O) groups excluding carboxylic acids is 3. The van der Waals surface area contributed by atoms with Crippen molar-refractivity contribution in [2.45, 2.75) is 13.3 Å². The fraction of sp³-hybridized carbons (Fsp3) is 0.185.